The molecule has 0 saturated heterocycles. The Bertz CT molecular complexity index is 455. The van der Waals surface area contributed by atoms with Gasteiger partial charge in [0, 0.05) is 5.56 Å². The molecule has 1 aliphatic carbocycles. The van der Waals surface area contributed by atoms with Gasteiger partial charge in [-0.2, -0.15) is 0 Å². The molecule has 2 rings (SSSR count). The van der Waals surface area contributed by atoms with Crippen LogP contribution in [0.25, 0.3) is 0 Å². The van der Waals surface area contributed by atoms with Gasteiger partial charge in [-0.05, 0) is 30.2 Å². The van der Waals surface area contributed by atoms with Crippen molar-refractivity contribution < 1.29 is 19.4 Å². The van der Waals surface area contributed by atoms with Crippen LogP contribution in [0, 0.1) is 0 Å². The molecule has 4 nitrogen and oxygen atoms in total. The summed E-state index contributed by atoms with van der Waals surface area (Å²) >= 11 is 3.29. The molecule has 0 spiro atoms. The lowest BCUT2D eigenvalue weighted by Crippen LogP contribution is -2.09. The van der Waals surface area contributed by atoms with Gasteiger partial charge in [-0.25, -0.2) is 4.79 Å². The van der Waals surface area contributed by atoms with Crippen LogP contribution in [0.2, 0.25) is 0 Å². The second-order valence-corrected chi connectivity index (χ2v) is 4.64. The highest BCUT2D eigenvalue weighted by atomic mass is 79.9. The van der Waals surface area contributed by atoms with E-state index in [1.54, 1.807) is 18.2 Å². The zero-order valence-electron chi connectivity index (χ0n) is 8.27. The highest BCUT2D eigenvalue weighted by Gasteiger charge is 2.28. The van der Waals surface area contributed by atoms with Crippen molar-refractivity contribution in [2.24, 2.45) is 0 Å². The summed E-state index contributed by atoms with van der Waals surface area (Å²) in [4.78, 5) is 21.7. The van der Waals surface area contributed by atoms with Gasteiger partial charge in [0.25, 0.3) is 0 Å². The van der Waals surface area contributed by atoms with Crippen LogP contribution in [0.1, 0.15) is 15.9 Å². The number of benzene rings is 1. The molecule has 1 aliphatic rings. The smallest absolute Gasteiger partial charge is 0.341 e. The van der Waals surface area contributed by atoms with Crippen molar-refractivity contribution in [2.45, 2.75) is 11.2 Å². The number of rotatable bonds is 3. The lowest BCUT2D eigenvalue weighted by molar-refractivity contribution is -0.139. The summed E-state index contributed by atoms with van der Waals surface area (Å²) in [5, 5.41) is 8.47. The number of Topliss-reactive ketones (excluding diaryl/α,β-unsaturated/α-hetero) is 1. The summed E-state index contributed by atoms with van der Waals surface area (Å²) in [5.41, 5.74) is 1.58. The monoisotopic (exact) mass is 284 g/mol. The Morgan fingerprint density at radius 3 is 3.00 bits per heavy atom. The summed E-state index contributed by atoms with van der Waals surface area (Å²) in [5.74, 6) is -0.467. The molecule has 0 radical (unpaired) electrons. The van der Waals surface area contributed by atoms with E-state index in [9.17, 15) is 9.59 Å². The van der Waals surface area contributed by atoms with Gasteiger partial charge in [-0.15, -0.1) is 0 Å². The number of hydrogen-bond acceptors (Lipinski definition) is 3. The summed E-state index contributed by atoms with van der Waals surface area (Å²) < 4.78 is 5.04. The normalized spacial score (nSPS) is 18.3. The number of alkyl halides is 1. The number of carboxylic acid groups (broad SMARTS) is 1. The van der Waals surface area contributed by atoms with Crippen LogP contribution < -0.4 is 4.74 Å². The minimum Gasteiger partial charge on any atom is -0.482 e. The van der Waals surface area contributed by atoms with E-state index in [1.165, 1.54) is 0 Å². The van der Waals surface area contributed by atoms with Gasteiger partial charge in [0.2, 0.25) is 0 Å². The first-order valence-corrected chi connectivity index (χ1v) is 5.65. The van der Waals surface area contributed by atoms with E-state index in [1.807, 2.05) is 0 Å². The summed E-state index contributed by atoms with van der Waals surface area (Å²) in [6.45, 7) is -0.371. The zero-order valence-corrected chi connectivity index (χ0v) is 9.86. The Balaban J connectivity index is 2.18. The minimum atomic E-state index is -1.02. The van der Waals surface area contributed by atoms with Crippen LogP contribution in [-0.2, 0) is 11.2 Å². The zero-order chi connectivity index (χ0) is 11.7. The van der Waals surface area contributed by atoms with Crippen LogP contribution in [0.5, 0.6) is 5.75 Å². The van der Waals surface area contributed by atoms with Crippen molar-refractivity contribution in [1.82, 2.24) is 0 Å². The van der Waals surface area contributed by atoms with Crippen LogP contribution in [0.3, 0.4) is 0 Å². The number of carbonyl (C=O) groups excluding carboxylic acids is 1. The number of halogens is 1. The quantitative estimate of drug-likeness (QED) is 0.858. The first-order chi connectivity index (χ1) is 7.58. The number of aliphatic carboxylic acids is 1. The molecule has 16 heavy (non-hydrogen) atoms. The highest BCUT2D eigenvalue weighted by Crippen LogP contribution is 2.29. The van der Waals surface area contributed by atoms with Crippen molar-refractivity contribution in [3.63, 3.8) is 0 Å². The fourth-order valence-corrected chi connectivity index (χ4v) is 2.26. The Labute approximate surface area is 100 Å². The largest absolute Gasteiger partial charge is 0.482 e. The van der Waals surface area contributed by atoms with Crippen molar-refractivity contribution in [1.29, 1.82) is 0 Å². The van der Waals surface area contributed by atoms with Crippen LogP contribution in [0.15, 0.2) is 18.2 Å². The first kappa shape index (κ1) is 11.1. The standard InChI is InChI=1S/C11H9BrO4/c12-9-4-6-3-7(16-5-10(13)14)1-2-8(6)11(9)15/h1-3,9H,4-5H2,(H,13,14). The second kappa shape index (κ2) is 4.25. The Morgan fingerprint density at radius 2 is 2.31 bits per heavy atom. The van der Waals surface area contributed by atoms with E-state index >= 15 is 0 Å². The molecule has 1 atom stereocenters. The Morgan fingerprint density at radius 1 is 1.56 bits per heavy atom. The van der Waals surface area contributed by atoms with Crippen molar-refractivity contribution in [3.05, 3.63) is 29.3 Å². The number of hydrogen-bond donors (Lipinski definition) is 1. The summed E-state index contributed by atoms with van der Waals surface area (Å²) in [7, 11) is 0. The molecule has 1 unspecified atom stereocenters. The maximum atomic E-state index is 11.6. The lowest BCUT2D eigenvalue weighted by atomic mass is 10.1. The molecular formula is C11H9BrO4. The van der Waals surface area contributed by atoms with Gasteiger partial charge in [-0.3, -0.25) is 4.79 Å². The molecule has 84 valence electrons. The lowest BCUT2D eigenvalue weighted by Gasteiger charge is -2.04. The van der Waals surface area contributed by atoms with Gasteiger partial charge < -0.3 is 9.84 Å². The average Bonchev–Trinajstić information content (AvgIpc) is 2.52. The number of ether oxygens (including phenoxy) is 1. The molecule has 1 N–H and O–H groups in total. The molecule has 0 aliphatic heterocycles. The van der Waals surface area contributed by atoms with Crippen LogP contribution in [-0.4, -0.2) is 28.3 Å². The molecule has 0 bridgehead atoms. The SMILES string of the molecule is O=C(O)COc1ccc2c(c1)CC(Br)C2=O. The maximum absolute atomic E-state index is 11.6. The number of carboxylic acids is 1. The van der Waals surface area contributed by atoms with Crippen LogP contribution >= 0.6 is 15.9 Å². The predicted octanol–water partition coefficient (Wildman–Crippen LogP) is 1.65. The first-order valence-electron chi connectivity index (χ1n) is 4.73. The highest BCUT2D eigenvalue weighted by molar-refractivity contribution is 9.10. The molecule has 0 saturated carbocycles. The second-order valence-electron chi connectivity index (χ2n) is 3.54. The number of ketones is 1. The predicted molar refractivity (Wildman–Crippen MR) is 60.3 cm³/mol. The van der Waals surface area contributed by atoms with E-state index in [0.717, 1.165) is 5.56 Å². The van der Waals surface area contributed by atoms with Gasteiger partial charge >= 0.3 is 5.97 Å². The van der Waals surface area contributed by atoms with Crippen molar-refractivity contribution in [2.75, 3.05) is 6.61 Å². The molecule has 0 fully saturated rings. The molecule has 5 heteroatoms. The fraction of sp³-hybridized carbons (Fsp3) is 0.273. The molecule has 0 aromatic heterocycles. The molecule has 0 amide bonds. The molecule has 0 heterocycles. The number of carbonyl (C=O) groups is 2. The third-order valence-electron chi connectivity index (χ3n) is 2.39. The Hall–Kier alpha value is -1.36. The Kier molecular flexibility index (Phi) is 2.96. The third kappa shape index (κ3) is 2.09. The topological polar surface area (TPSA) is 63.6 Å². The van der Waals surface area contributed by atoms with Crippen molar-refractivity contribution in [3.8, 4) is 5.75 Å². The van der Waals surface area contributed by atoms with E-state index in [0.29, 0.717) is 17.7 Å². The molecular weight excluding hydrogens is 276 g/mol. The third-order valence-corrected chi connectivity index (χ3v) is 3.13. The minimum absolute atomic E-state index is 0.0692. The van der Waals surface area contributed by atoms with E-state index in [4.69, 9.17) is 9.84 Å². The van der Waals surface area contributed by atoms with E-state index < -0.39 is 5.97 Å². The van der Waals surface area contributed by atoms with Crippen LogP contribution in [0.4, 0.5) is 0 Å². The molecule has 1 aromatic carbocycles. The van der Waals surface area contributed by atoms with E-state index in [2.05, 4.69) is 15.9 Å². The molecule has 1 aromatic rings. The maximum Gasteiger partial charge on any atom is 0.341 e. The summed E-state index contributed by atoms with van der Waals surface area (Å²) in [6, 6.07) is 5.01. The van der Waals surface area contributed by atoms with Crippen molar-refractivity contribution >= 4 is 27.7 Å². The van der Waals surface area contributed by atoms with Gasteiger partial charge in [0.15, 0.2) is 12.4 Å². The summed E-state index contributed by atoms with van der Waals surface area (Å²) in [6.07, 6.45) is 0.623. The fourth-order valence-electron chi connectivity index (χ4n) is 1.67. The van der Waals surface area contributed by atoms with E-state index in [-0.39, 0.29) is 17.2 Å². The average molecular weight is 285 g/mol. The van der Waals surface area contributed by atoms with Gasteiger partial charge in [-0.1, -0.05) is 15.9 Å². The van der Waals surface area contributed by atoms with Gasteiger partial charge in [0.1, 0.15) is 5.75 Å². The number of fused-ring (bicyclic) bond motifs is 1. The van der Waals surface area contributed by atoms with Gasteiger partial charge in [0.05, 0.1) is 4.83 Å².